The Kier molecular flexibility index (Phi) is 8.95. The number of unbranched alkanes of at least 4 members (excludes halogenated alkanes) is 7. The molecule has 0 atom stereocenters. The molecule has 2 heteroatoms. The number of carbonyl (C=O) groups is 2. The second-order valence-electron chi connectivity index (χ2n) is 5.43. The summed E-state index contributed by atoms with van der Waals surface area (Å²) in [5.74, 6) is -0.0871. The van der Waals surface area contributed by atoms with E-state index in [-0.39, 0.29) is 11.6 Å². The van der Waals surface area contributed by atoms with E-state index in [0.717, 1.165) is 12.8 Å². The fraction of sp³-hybridized carbons (Fsp3) is 0.812. The minimum Gasteiger partial charge on any atom is -0.299 e. The predicted molar refractivity (Wildman–Crippen MR) is 76.4 cm³/mol. The van der Waals surface area contributed by atoms with Gasteiger partial charge in [-0.15, -0.1) is 0 Å². The standard InChI is InChI=1S/C16H29O2/c1-5-6-7-8-9-10-11-12-13-16(4,14(2)17)15(3)18/h13H,5-12H2,1-4H3. The van der Waals surface area contributed by atoms with Crippen LogP contribution >= 0.6 is 0 Å². The van der Waals surface area contributed by atoms with Crippen molar-refractivity contribution in [3.05, 3.63) is 6.42 Å². The highest BCUT2D eigenvalue weighted by atomic mass is 16.2. The van der Waals surface area contributed by atoms with Crippen LogP contribution in [0.5, 0.6) is 0 Å². The highest BCUT2D eigenvalue weighted by Crippen LogP contribution is 2.26. The van der Waals surface area contributed by atoms with E-state index in [4.69, 9.17) is 0 Å². The van der Waals surface area contributed by atoms with Gasteiger partial charge in [0.2, 0.25) is 0 Å². The largest absolute Gasteiger partial charge is 0.299 e. The minimum atomic E-state index is -0.859. The van der Waals surface area contributed by atoms with Gasteiger partial charge in [0, 0.05) is 0 Å². The highest BCUT2D eigenvalue weighted by Gasteiger charge is 2.34. The average Bonchev–Trinajstić information content (AvgIpc) is 2.31. The van der Waals surface area contributed by atoms with E-state index in [0.29, 0.717) is 0 Å². The molecule has 0 amide bonds. The van der Waals surface area contributed by atoms with Crippen LogP contribution in [0.4, 0.5) is 0 Å². The second-order valence-corrected chi connectivity index (χ2v) is 5.43. The number of hydrogen-bond donors (Lipinski definition) is 0. The Bertz CT molecular complexity index is 242. The Morgan fingerprint density at radius 2 is 1.33 bits per heavy atom. The lowest BCUT2D eigenvalue weighted by molar-refractivity contribution is -0.135. The molecular weight excluding hydrogens is 224 g/mol. The molecule has 105 valence electrons. The summed E-state index contributed by atoms with van der Waals surface area (Å²) < 4.78 is 0. The van der Waals surface area contributed by atoms with Gasteiger partial charge in [-0.05, 0) is 33.6 Å². The minimum absolute atomic E-state index is 0.0436. The van der Waals surface area contributed by atoms with Crippen molar-refractivity contribution in [3.63, 3.8) is 0 Å². The van der Waals surface area contributed by atoms with Crippen molar-refractivity contribution in [2.75, 3.05) is 0 Å². The van der Waals surface area contributed by atoms with Crippen LogP contribution in [0.15, 0.2) is 0 Å². The van der Waals surface area contributed by atoms with Crippen molar-refractivity contribution >= 4 is 11.6 Å². The maximum Gasteiger partial charge on any atom is 0.143 e. The Morgan fingerprint density at radius 1 is 0.889 bits per heavy atom. The van der Waals surface area contributed by atoms with E-state index in [1.807, 2.05) is 6.42 Å². The van der Waals surface area contributed by atoms with Crippen molar-refractivity contribution in [2.24, 2.45) is 5.41 Å². The highest BCUT2D eigenvalue weighted by molar-refractivity contribution is 6.06. The van der Waals surface area contributed by atoms with Crippen LogP contribution in [0.25, 0.3) is 0 Å². The third-order valence-corrected chi connectivity index (χ3v) is 3.82. The van der Waals surface area contributed by atoms with Crippen molar-refractivity contribution in [2.45, 2.75) is 79.1 Å². The second kappa shape index (κ2) is 9.29. The van der Waals surface area contributed by atoms with Crippen LogP contribution in [0.3, 0.4) is 0 Å². The van der Waals surface area contributed by atoms with Gasteiger partial charge in [0.05, 0.1) is 5.41 Å². The number of hydrogen-bond acceptors (Lipinski definition) is 2. The van der Waals surface area contributed by atoms with Crippen molar-refractivity contribution in [3.8, 4) is 0 Å². The first-order valence-corrected chi connectivity index (χ1v) is 7.31. The topological polar surface area (TPSA) is 34.1 Å². The van der Waals surface area contributed by atoms with E-state index in [9.17, 15) is 9.59 Å². The Hall–Kier alpha value is -0.660. The van der Waals surface area contributed by atoms with E-state index >= 15 is 0 Å². The molecular formula is C16H29O2. The fourth-order valence-corrected chi connectivity index (χ4v) is 2.03. The van der Waals surface area contributed by atoms with Gasteiger partial charge in [0.1, 0.15) is 11.6 Å². The summed E-state index contributed by atoms with van der Waals surface area (Å²) in [6, 6.07) is 0. The number of carbonyl (C=O) groups excluding carboxylic acids is 2. The lowest BCUT2D eigenvalue weighted by atomic mass is 9.78. The first-order chi connectivity index (χ1) is 8.45. The number of ketones is 2. The van der Waals surface area contributed by atoms with Gasteiger partial charge >= 0.3 is 0 Å². The average molecular weight is 253 g/mol. The van der Waals surface area contributed by atoms with Crippen LogP contribution in [-0.4, -0.2) is 11.6 Å². The SMILES string of the molecule is CCCCCCCCC[CH]C(C)(C(C)=O)C(C)=O. The van der Waals surface area contributed by atoms with Gasteiger partial charge in [-0.2, -0.15) is 0 Å². The molecule has 0 rings (SSSR count). The van der Waals surface area contributed by atoms with Crippen molar-refractivity contribution in [1.82, 2.24) is 0 Å². The molecule has 0 spiro atoms. The molecule has 0 aromatic rings. The zero-order valence-corrected chi connectivity index (χ0v) is 12.6. The summed E-state index contributed by atoms with van der Waals surface area (Å²) in [6.07, 6.45) is 11.6. The molecule has 0 aromatic carbocycles. The molecule has 0 aliphatic carbocycles. The normalized spacial score (nSPS) is 11.6. The third kappa shape index (κ3) is 6.32. The summed E-state index contributed by atoms with van der Waals surface area (Å²) in [4.78, 5) is 23.0. The zero-order valence-electron chi connectivity index (χ0n) is 12.6. The smallest absolute Gasteiger partial charge is 0.143 e. The first kappa shape index (κ1) is 17.3. The molecule has 0 saturated carbocycles. The van der Waals surface area contributed by atoms with E-state index < -0.39 is 5.41 Å². The summed E-state index contributed by atoms with van der Waals surface area (Å²) >= 11 is 0. The fourth-order valence-electron chi connectivity index (χ4n) is 2.03. The van der Waals surface area contributed by atoms with Crippen LogP contribution in [0.2, 0.25) is 0 Å². The van der Waals surface area contributed by atoms with Gasteiger partial charge in [0.25, 0.3) is 0 Å². The molecule has 0 aromatic heterocycles. The van der Waals surface area contributed by atoms with Crippen LogP contribution in [-0.2, 0) is 9.59 Å². The molecule has 0 bridgehead atoms. The Morgan fingerprint density at radius 3 is 1.78 bits per heavy atom. The van der Waals surface area contributed by atoms with Gasteiger partial charge < -0.3 is 0 Å². The van der Waals surface area contributed by atoms with Crippen LogP contribution < -0.4 is 0 Å². The van der Waals surface area contributed by atoms with Gasteiger partial charge in [-0.1, -0.05) is 51.9 Å². The van der Waals surface area contributed by atoms with Gasteiger partial charge in [-0.3, -0.25) is 9.59 Å². The Labute approximate surface area is 113 Å². The van der Waals surface area contributed by atoms with E-state index in [1.54, 1.807) is 6.92 Å². The molecule has 2 nitrogen and oxygen atoms in total. The molecule has 0 unspecified atom stereocenters. The quantitative estimate of drug-likeness (QED) is 0.401. The summed E-state index contributed by atoms with van der Waals surface area (Å²) in [6.45, 7) is 6.96. The maximum absolute atomic E-state index is 11.5. The molecule has 0 N–H and O–H groups in total. The summed E-state index contributed by atoms with van der Waals surface area (Å²) in [5, 5.41) is 0. The van der Waals surface area contributed by atoms with E-state index in [1.165, 1.54) is 52.4 Å². The monoisotopic (exact) mass is 253 g/mol. The third-order valence-electron chi connectivity index (χ3n) is 3.82. The lowest BCUT2D eigenvalue weighted by Gasteiger charge is -2.22. The maximum atomic E-state index is 11.5. The van der Waals surface area contributed by atoms with Crippen LogP contribution in [0, 0.1) is 11.8 Å². The lowest BCUT2D eigenvalue weighted by Crippen LogP contribution is -2.33. The molecule has 0 saturated heterocycles. The summed E-state index contributed by atoms with van der Waals surface area (Å²) in [7, 11) is 0. The summed E-state index contributed by atoms with van der Waals surface area (Å²) in [5.41, 5.74) is -0.859. The van der Waals surface area contributed by atoms with Crippen molar-refractivity contribution < 1.29 is 9.59 Å². The van der Waals surface area contributed by atoms with Gasteiger partial charge in [-0.25, -0.2) is 0 Å². The number of rotatable bonds is 11. The molecule has 0 aliphatic heterocycles. The first-order valence-electron chi connectivity index (χ1n) is 7.31. The van der Waals surface area contributed by atoms with E-state index in [2.05, 4.69) is 6.92 Å². The molecule has 0 heterocycles. The molecule has 18 heavy (non-hydrogen) atoms. The van der Waals surface area contributed by atoms with Gasteiger partial charge in [0.15, 0.2) is 0 Å². The zero-order chi connectivity index (χ0) is 14.0. The van der Waals surface area contributed by atoms with Crippen LogP contribution in [0.1, 0.15) is 79.1 Å². The Balaban J connectivity index is 3.70. The number of Topliss-reactive ketones (excluding diaryl/α,β-unsaturated/α-hetero) is 2. The molecule has 0 aliphatic rings. The molecule has 0 fully saturated rings. The van der Waals surface area contributed by atoms with Crippen molar-refractivity contribution in [1.29, 1.82) is 0 Å². The molecule has 1 radical (unpaired) electrons. The predicted octanol–water partition coefficient (Wildman–Crippen LogP) is 4.52.